The summed E-state index contributed by atoms with van der Waals surface area (Å²) in [6.07, 6.45) is 5.12. The number of nitrogens with one attached hydrogen (secondary N) is 3. The summed E-state index contributed by atoms with van der Waals surface area (Å²) in [5.74, 6) is -0.161. The van der Waals surface area contributed by atoms with Gasteiger partial charge in [-0.25, -0.2) is 0 Å². The van der Waals surface area contributed by atoms with Gasteiger partial charge in [0.2, 0.25) is 5.91 Å². The summed E-state index contributed by atoms with van der Waals surface area (Å²) >= 11 is 0. The van der Waals surface area contributed by atoms with Gasteiger partial charge in [-0.15, -0.1) is 0 Å². The Kier molecular flexibility index (Phi) is 4.20. The molecule has 112 valence electrons. The van der Waals surface area contributed by atoms with Crippen LogP contribution in [0, 0.1) is 0 Å². The lowest BCUT2D eigenvalue weighted by Gasteiger charge is -2.23. The van der Waals surface area contributed by atoms with E-state index in [9.17, 15) is 9.59 Å². The highest BCUT2D eigenvalue weighted by Gasteiger charge is 2.26. The van der Waals surface area contributed by atoms with Crippen molar-refractivity contribution in [1.82, 2.24) is 10.6 Å². The lowest BCUT2D eigenvalue weighted by molar-refractivity contribution is -0.118. The Morgan fingerprint density at radius 1 is 1.10 bits per heavy atom. The summed E-state index contributed by atoms with van der Waals surface area (Å²) in [4.78, 5) is 24.5. The molecule has 0 unspecified atom stereocenters. The Labute approximate surface area is 124 Å². The van der Waals surface area contributed by atoms with Gasteiger partial charge in [0, 0.05) is 6.04 Å². The highest BCUT2D eigenvalue weighted by molar-refractivity contribution is 6.05. The predicted molar refractivity (Wildman–Crippen MR) is 81.2 cm³/mol. The van der Waals surface area contributed by atoms with E-state index in [0.717, 1.165) is 38.6 Å². The minimum absolute atomic E-state index is 0.0543. The van der Waals surface area contributed by atoms with Crippen LogP contribution in [0.2, 0.25) is 0 Å². The Hall–Kier alpha value is -1.88. The zero-order chi connectivity index (χ0) is 14.7. The quantitative estimate of drug-likeness (QED) is 0.789. The number of carbonyl (C=O) groups excluding carboxylic acids is 2. The SMILES string of the molecule is O=C(NC1CC1)c1ccccc1NC(=O)[C@H]1CCCCN1. The van der Waals surface area contributed by atoms with Crippen molar-refractivity contribution in [2.24, 2.45) is 0 Å². The van der Waals surface area contributed by atoms with E-state index in [2.05, 4.69) is 16.0 Å². The Morgan fingerprint density at radius 3 is 2.62 bits per heavy atom. The van der Waals surface area contributed by atoms with Crippen molar-refractivity contribution in [3.05, 3.63) is 29.8 Å². The number of carbonyl (C=O) groups is 2. The van der Waals surface area contributed by atoms with Crippen molar-refractivity contribution >= 4 is 17.5 Å². The summed E-state index contributed by atoms with van der Waals surface area (Å²) in [6, 6.07) is 7.33. The van der Waals surface area contributed by atoms with Crippen molar-refractivity contribution in [3.63, 3.8) is 0 Å². The van der Waals surface area contributed by atoms with E-state index < -0.39 is 0 Å². The predicted octanol–water partition coefficient (Wildman–Crippen LogP) is 1.66. The zero-order valence-electron chi connectivity index (χ0n) is 12.0. The Bertz CT molecular complexity index is 534. The number of hydrogen-bond donors (Lipinski definition) is 3. The van der Waals surface area contributed by atoms with Crippen LogP contribution in [0.25, 0.3) is 0 Å². The molecule has 1 aliphatic carbocycles. The van der Waals surface area contributed by atoms with Crippen LogP contribution < -0.4 is 16.0 Å². The van der Waals surface area contributed by atoms with Crippen molar-refractivity contribution in [3.8, 4) is 0 Å². The van der Waals surface area contributed by atoms with Crippen LogP contribution in [0.4, 0.5) is 5.69 Å². The third-order valence-corrected chi connectivity index (χ3v) is 3.97. The van der Waals surface area contributed by atoms with Crippen molar-refractivity contribution < 1.29 is 9.59 Å². The first kappa shape index (κ1) is 14.1. The average Bonchev–Trinajstić information content (AvgIpc) is 3.32. The second-order valence-electron chi connectivity index (χ2n) is 5.79. The van der Waals surface area contributed by atoms with Gasteiger partial charge in [-0.05, 0) is 44.4 Å². The average molecular weight is 287 g/mol. The zero-order valence-corrected chi connectivity index (χ0v) is 12.0. The monoisotopic (exact) mass is 287 g/mol. The molecular weight excluding hydrogens is 266 g/mol. The molecule has 1 aromatic rings. The van der Waals surface area contributed by atoms with E-state index in [1.54, 1.807) is 12.1 Å². The second kappa shape index (κ2) is 6.26. The molecule has 1 heterocycles. The normalized spacial score (nSPS) is 21.6. The van der Waals surface area contributed by atoms with Crippen LogP contribution in [-0.4, -0.2) is 30.4 Å². The molecule has 2 amide bonds. The first-order valence-corrected chi connectivity index (χ1v) is 7.68. The molecule has 21 heavy (non-hydrogen) atoms. The fraction of sp³-hybridized carbons (Fsp3) is 0.500. The van der Waals surface area contributed by atoms with Crippen LogP contribution in [0.3, 0.4) is 0 Å². The van der Waals surface area contributed by atoms with Gasteiger partial charge in [-0.2, -0.15) is 0 Å². The molecule has 1 atom stereocenters. The first-order valence-electron chi connectivity index (χ1n) is 7.68. The number of hydrogen-bond acceptors (Lipinski definition) is 3. The minimum Gasteiger partial charge on any atom is -0.349 e. The molecule has 5 heteroatoms. The van der Waals surface area contributed by atoms with E-state index in [0.29, 0.717) is 17.3 Å². The number of amides is 2. The summed E-state index contributed by atoms with van der Waals surface area (Å²) in [5, 5.41) is 9.07. The van der Waals surface area contributed by atoms with Crippen LogP contribution in [-0.2, 0) is 4.79 Å². The van der Waals surface area contributed by atoms with Gasteiger partial charge in [-0.3, -0.25) is 9.59 Å². The fourth-order valence-electron chi connectivity index (χ4n) is 2.58. The molecule has 0 spiro atoms. The van der Waals surface area contributed by atoms with Gasteiger partial charge < -0.3 is 16.0 Å². The lowest BCUT2D eigenvalue weighted by Crippen LogP contribution is -2.43. The molecule has 1 saturated carbocycles. The van der Waals surface area contributed by atoms with Gasteiger partial charge in [-0.1, -0.05) is 18.6 Å². The Morgan fingerprint density at radius 2 is 1.90 bits per heavy atom. The van der Waals surface area contributed by atoms with E-state index in [-0.39, 0.29) is 17.9 Å². The maximum atomic E-state index is 12.3. The molecule has 3 N–H and O–H groups in total. The van der Waals surface area contributed by atoms with Gasteiger partial charge >= 0.3 is 0 Å². The largest absolute Gasteiger partial charge is 0.349 e. The summed E-state index contributed by atoms with van der Waals surface area (Å²) in [5.41, 5.74) is 1.13. The molecule has 0 aromatic heterocycles. The van der Waals surface area contributed by atoms with Gasteiger partial charge in [0.25, 0.3) is 5.91 Å². The molecule has 2 fully saturated rings. The maximum absolute atomic E-state index is 12.3. The number of para-hydroxylation sites is 1. The maximum Gasteiger partial charge on any atom is 0.253 e. The highest BCUT2D eigenvalue weighted by Crippen LogP contribution is 2.22. The lowest BCUT2D eigenvalue weighted by atomic mass is 10.0. The van der Waals surface area contributed by atoms with E-state index >= 15 is 0 Å². The fourth-order valence-corrected chi connectivity index (χ4v) is 2.58. The molecule has 5 nitrogen and oxygen atoms in total. The molecule has 2 aliphatic rings. The molecule has 1 saturated heterocycles. The number of anilines is 1. The third-order valence-electron chi connectivity index (χ3n) is 3.97. The highest BCUT2D eigenvalue weighted by atomic mass is 16.2. The topological polar surface area (TPSA) is 70.2 Å². The molecule has 1 aromatic carbocycles. The minimum atomic E-state index is -0.154. The molecular formula is C16H21N3O2. The summed E-state index contributed by atoms with van der Waals surface area (Å²) in [6.45, 7) is 0.877. The van der Waals surface area contributed by atoms with E-state index in [1.807, 2.05) is 12.1 Å². The standard InChI is InChI=1S/C16H21N3O2/c20-15(18-11-8-9-11)12-5-1-2-6-13(12)19-16(21)14-7-3-4-10-17-14/h1-2,5-6,11,14,17H,3-4,7-10H2,(H,18,20)(H,19,21)/t14-/m1/s1. The molecule has 0 radical (unpaired) electrons. The van der Waals surface area contributed by atoms with Crippen LogP contribution in [0.1, 0.15) is 42.5 Å². The van der Waals surface area contributed by atoms with Crippen molar-refractivity contribution in [2.45, 2.75) is 44.2 Å². The molecule has 3 rings (SSSR count). The smallest absolute Gasteiger partial charge is 0.253 e. The Balaban J connectivity index is 1.68. The van der Waals surface area contributed by atoms with Crippen LogP contribution in [0.5, 0.6) is 0 Å². The molecule has 0 bridgehead atoms. The number of piperidine rings is 1. The number of benzene rings is 1. The number of rotatable bonds is 4. The van der Waals surface area contributed by atoms with Crippen LogP contribution >= 0.6 is 0 Å². The van der Waals surface area contributed by atoms with E-state index in [1.165, 1.54) is 0 Å². The molecule has 1 aliphatic heterocycles. The van der Waals surface area contributed by atoms with Gasteiger partial charge in [0.1, 0.15) is 0 Å². The van der Waals surface area contributed by atoms with E-state index in [4.69, 9.17) is 0 Å². The third kappa shape index (κ3) is 3.61. The first-order chi connectivity index (χ1) is 10.2. The van der Waals surface area contributed by atoms with Gasteiger partial charge in [0.05, 0.1) is 17.3 Å². The summed E-state index contributed by atoms with van der Waals surface area (Å²) < 4.78 is 0. The second-order valence-corrected chi connectivity index (χ2v) is 5.79. The summed E-state index contributed by atoms with van der Waals surface area (Å²) in [7, 11) is 0. The van der Waals surface area contributed by atoms with Crippen molar-refractivity contribution in [1.29, 1.82) is 0 Å². The van der Waals surface area contributed by atoms with Gasteiger partial charge in [0.15, 0.2) is 0 Å². The van der Waals surface area contributed by atoms with Crippen molar-refractivity contribution in [2.75, 3.05) is 11.9 Å². The van der Waals surface area contributed by atoms with Crippen LogP contribution in [0.15, 0.2) is 24.3 Å².